The molecule has 4 heterocycles. The normalized spacial score (nSPS) is 26.1. The summed E-state index contributed by atoms with van der Waals surface area (Å²) >= 11 is 1.74. The van der Waals surface area contributed by atoms with Crippen molar-refractivity contribution in [3.05, 3.63) is 47.0 Å². The lowest BCUT2D eigenvalue weighted by molar-refractivity contribution is -0.170. The first kappa shape index (κ1) is 25.7. The second-order valence-electron chi connectivity index (χ2n) is 10.3. The highest BCUT2D eigenvalue weighted by molar-refractivity contribution is 7.17. The number of hydrogen-bond donors (Lipinski definition) is 1. The van der Waals surface area contributed by atoms with E-state index in [2.05, 4.69) is 34.5 Å². The molecule has 0 spiro atoms. The zero-order chi connectivity index (χ0) is 24.9. The van der Waals surface area contributed by atoms with Gasteiger partial charge in [0.05, 0.1) is 0 Å². The van der Waals surface area contributed by atoms with Crippen LogP contribution in [0.4, 0.5) is 0 Å². The fourth-order valence-electron chi connectivity index (χ4n) is 6.24. The molecule has 1 aromatic heterocycles. The van der Waals surface area contributed by atoms with Gasteiger partial charge in [-0.25, -0.2) is 0 Å². The molecule has 5 rings (SSSR count). The van der Waals surface area contributed by atoms with E-state index in [1.807, 2.05) is 17.9 Å². The van der Waals surface area contributed by atoms with E-state index in [1.54, 1.807) is 11.3 Å². The summed E-state index contributed by atoms with van der Waals surface area (Å²) in [4.78, 5) is 18.3. The number of allylic oxidation sites excluding steroid dienone is 1. The van der Waals surface area contributed by atoms with Crippen molar-refractivity contribution in [3.8, 4) is 0 Å². The quantitative estimate of drug-likeness (QED) is 0.532. The predicted octanol–water partition coefficient (Wildman–Crippen LogP) is 5.13. The maximum Gasteiger partial charge on any atom is 0.288 e. The summed E-state index contributed by atoms with van der Waals surface area (Å²) in [7, 11) is 0. The van der Waals surface area contributed by atoms with Crippen LogP contribution in [0.1, 0.15) is 63.4 Å². The number of carbonyl (C=O) groups is 1. The Labute approximate surface area is 218 Å². The number of likely N-dealkylation sites (tertiary alicyclic amines) is 2. The molecule has 0 radical (unpaired) electrons. The zero-order valence-corrected chi connectivity index (χ0v) is 22.3. The van der Waals surface area contributed by atoms with Crippen molar-refractivity contribution >= 4 is 27.3 Å². The Morgan fingerprint density at radius 3 is 2.67 bits per heavy atom. The molecule has 0 unspecified atom stereocenters. The van der Waals surface area contributed by atoms with Gasteiger partial charge in [-0.05, 0) is 87.0 Å². The Balaban J connectivity index is 1.38. The van der Waals surface area contributed by atoms with E-state index in [9.17, 15) is 9.90 Å². The van der Waals surface area contributed by atoms with Gasteiger partial charge in [0.25, 0.3) is 5.91 Å². The highest BCUT2D eigenvalue weighted by atomic mass is 32.1. The third kappa shape index (κ3) is 5.49. The van der Waals surface area contributed by atoms with E-state index in [0.29, 0.717) is 24.8 Å². The number of nitrogens with zero attached hydrogens (tertiary/aromatic N) is 2. The van der Waals surface area contributed by atoms with Gasteiger partial charge < -0.3 is 24.4 Å². The number of piperidine rings is 2. The number of rotatable bonds is 8. The third-order valence-electron chi connectivity index (χ3n) is 8.15. The largest absolute Gasteiger partial charge is 0.459 e. The molecule has 2 fully saturated rings. The Morgan fingerprint density at radius 2 is 1.92 bits per heavy atom. The zero-order valence-electron chi connectivity index (χ0n) is 21.4. The molecule has 2 saturated heterocycles. The molecule has 0 aliphatic carbocycles. The maximum atomic E-state index is 13.7. The summed E-state index contributed by atoms with van der Waals surface area (Å²) in [6.45, 7) is 6.57. The number of aliphatic hydroxyl groups is 1. The summed E-state index contributed by atoms with van der Waals surface area (Å²) in [5, 5.41) is 13.0. The Morgan fingerprint density at radius 1 is 1.14 bits per heavy atom. The molecule has 7 heteroatoms. The number of aliphatic hydroxyl groups excluding tert-OH is 1. The molecule has 36 heavy (non-hydrogen) atoms. The lowest BCUT2D eigenvalue weighted by Crippen LogP contribution is -2.49. The number of hydrogen-bond acceptors (Lipinski definition) is 6. The number of fused-ring (bicyclic) bond motifs is 1. The Kier molecular flexibility index (Phi) is 8.62. The van der Waals surface area contributed by atoms with Crippen molar-refractivity contribution in [3.63, 3.8) is 0 Å². The van der Waals surface area contributed by atoms with Crippen LogP contribution >= 0.6 is 11.3 Å². The maximum absolute atomic E-state index is 13.7. The number of ether oxygens (including phenoxy) is 2. The van der Waals surface area contributed by atoms with Crippen LogP contribution in [-0.2, 0) is 14.3 Å². The fourth-order valence-corrected chi connectivity index (χ4v) is 7.25. The van der Waals surface area contributed by atoms with Gasteiger partial charge in [-0.2, -0.15) is 0 Å². The Bertz CT molecular complexity index is 1040. The van der Waals surface area contributed by atoms with Crippen LogP contribution in [0.3, 0.4) is 0 Å². The molecule has 1 amide bonds. The smallest absolute Gasteiger partial charge is 0.288 e. The summed E-state index contributed by atoms with van der Waals surface area (Å²) in [5.74, 6) is 0.451. The number of benzene rings is 1. The van der Waals surface area contributed by atoms with E-state index in [0.717, 1.165) is 32.4 Å². The molecule has 1 N–H and O–H groups in total. The second kappa shape index (κ2) is 12.1. The first-order valence-electron chi connectivity index (χ1n) is 13.8. The molecule has 0 bridgehead atoms. The monoisotopic (exact) mass is 512 g/mol. The standard InChI is InChI=1S/C29H40N2O4S/c1-2-34-29-23(10-8-18-32)24(25-20-36-27-11-5-4-9-22(25)27)19-26(35-29)28(33)31-16-12-21(13-17-31)30-14-6-3-7-15-30/h4-5,9,11,19-21,23-24,29,32H,2-3,6-8,10,12-18H2,1H3/t23-,24-,29+/m1/s1. The van der Waals surface area contributed by atoms with Gasteiger partial charge in [-0.3, -0.25) is 4.79 Å². The van der Waals surface area contributed by atoms with E-state index >= 15 is 0 Å². The van der Waals surface area contributed by atoms with Crippen molar-refractivity contribution < 1.29 is 19.4 Å². The summed E-state index contributed by atoms with van der Waals surface area (Å²) in [6, 6.07) is 9.05. The van der Waals surface area contributed by atoms with Gasteiger partial charge in [0.2, 0.25) is 6.29 Å². The number of thiophene rings is 1. The molecule has 0 saturated carbocycles. The molecular weight excluding hydrogens is 472 g/mol. The van der Waals surface area contributed by atoms with E-state index in [-0.39, 0.29) is 24.3 Å². The predicted molar refractivity (Wildman–Crippen MR) is 144 cm³/mol. The lowest BCUT2D eigenvalue weighted by Gasteiger charge is -2.41. The van der Waals surface area contributed by atoms with Crippen molar-refractivity contribution in [2.75, 3.05) is 39.4 Å². The van der Waals surface area contributed by atoms with Crippen LogP contribution in [0.15, 0.2) is 41.5 Å². The van der Waals surface area contributed by atoms with Crippen LogP contribution < -0.4 is 0 Å². The fraction of sp³-hybridized carbons (Fsp3) is 0.621. The van der Waals surface area contributed by atoms with E-state index in [1.165, 1.54) is 48.0 Å². The first-order valence-corrected chi connectivity index (χ1v) is 14.7. The third-order valence-corrected chi connectivity index (χ3v) is 9.13. The first-order chi connectivity index (χ1) is 17.7. The van der Waals surface area contributed by atoms with Gasteiger partial charge in [0, 0.05) is 48.9 Å². The van der Waals surface area contributed by atoms with Crippen LogP contribution in [0.25, 0.3) is 10.1 Å². The summed E-state index contributed by atoms with van der Waals surface area (Å²) < 4.78 is 13.6. The molecular formula is C29H40N2O4S. The van der Waals surface area contributed by atoms with E-state index in [4.69, 9.17) is 9.47 Å². The van der Waals surface area contributed by atoms with Gasteiger partial charge in [-0.15, -0.1) is 11.3 Å². The minimum absolute atomic E-state index is 0.00263. The molecule has 3 atom stereocenters. The summed E-state index contributed by atoms with van der Waals surface area (Å²) in [6.07, 6.45) is 9.01. The van der Waals surface area contributed by atoms with Gasteiger partial charge in [0.15, 0.2) is 5.76 Å². The topological polar surface area (TPSA) is 62.2 Å². The van der Waals surface area contributed by atoms with Gasteiger partial charge >= 0.3 is 0 Å². The number of amides is 1. The average molecular weight is 513 g/mol. The SMILES string of the molecule is CCO[C@H]1OC(C(=O)N2CCC(N3CCCCC3)CC2)=C[C@@H](c2csc3ccccc23)[C@H]1CCCO. The highest BCUT2D eigenvalue weighted by Crippen LogP contribution is 2.43. The van der Waals surface area contributed by atoms with Gasteiger partial charge in [0.1, 0.15) is 0 Å². The van der Waals surface area contributed by atoms with Crippen molar-refractivity contribution in [2.24, 2.45) is 5.92 Å². The molecule has 2 aromatic rings. The summed E-state index contributed by atoms with van der Waals surface area (Å²) in [5.41, 5.74) is 1.22. The minimum Gasteiger partial charge on any atom is -0.459 e. The molecule has 3 aliphatic rings. The van der Waals surface area contributed by atoms with Crippen LogP contribution in [0, 0.1) is 5.92 Å². The van der Waals surface area contributed by atoms with E-state index < -0.39 is 6.29 Å². The van der Waals surface area contributed by atoms with Crippen molar-refractivity contribution in [2.45, 2.75) is 70.1 Å². The van der Waals surface area contributed by atoms with Crippen LogP contribution in [-0.4, -0.2) is 72.5 Å². The van der Waals surface area contributed by atoms with Crippen LogP contribution in [0.5, 0.6) is 0 Å². The molecule has 196 valence electrons. The molecule has 3 aliphatic heterocycles. The Hall–Kier alpha value is -1.93. The molecule has 6 nitrogen and oxygen atoms in total. The highest BCUT2D eigenvalue weighted by Gasteiger charge is 2.40. The average Bonchev–Trinajstić information content (AvgIpc) is 3.36. The minimum atomic E-state index is -0.500. The van der Waals surface area contributed by atoms with Crippen LogP contribution in [0.2, 0.25) is 0 Å². The van der Waals surface area contributed by atoms with Gasteiger partial charge in [-0.1, -0.05) is 24.6 Å². The lowest BCUT2D eigenvalue weighted by atomic mass is 9.80. The number of carbonyl (C=O) groups excluding carboxylic acids is 1. The van der Waals surface area contributed by atoms with Crippen molar-refractivity contribution in [1.29, 1.82) is 0 Å². The molecule has 1 aromatic carbocycles. The van der Waals surface area contributed by atoms with Crippen molar-refractivity contribution in [1.82, 2.24) is 9.80 Å². The second-order valence-corrected chi connectivity index (χ2v) is 11.2.